The molecule has 0 saturated carbocycles. The molecule has 1 amide bonds. The maximum atomic E-state index is 12.9. The van der Waals surface area contributed by atoms with Crippen molar-refractivity contribution in [2.24, 2.45) is 4.99 Å². The van der Waals surface area contributed by atoms with E-state index in [1.807, 2.05) is 72.4 Å². The number of halogens is 2. The van der Waals surface area contributed by atoms with Crippen molar-refractivity contribution >= 4 is 63.6 Å². The monoisotopic (exact) mass is 492 g/mol. The second-order valence-electron chi connectivity index (χ2n) is 7.69. The highest BCUT2D eigenvalue weighted by atomic mass is 35.5. The highest BCUT2D eigenvalue weighted by Gasteiger charge is 2.36. The summed E-state index contributed by atoms with van der Waals surface area (Å²) in [6, 6.07) is 17.2. The molecule has 8 heteroatoms. The van der Waals surface area contributed by atoms with Crippen LogP contribution >= 0.6 is 35.0 Å². The minimum absolute atomic E-state index is 0.115. The van der Waals surface area contributed by atoms with Crippen LogP contribution in [-0.4, -0.2) is 26.4 Å². The second-order valence-corrected chi connectivity index (χ2v) is 9.34. The fourth-order valence-electron chi connectivity index (χ4n) is 4.03. The Labute approximate surface area is 205 Å². The van der Waals surface area contributed by atoms with Gasteiger partial charge in [0.15, 0.2) is 5.17 Å². The Morgan fingerprint density at radius 3 is 2.52 bits per heavy atom. The number of thioether (sulfide) groups is 1. The summed E-state index contributed by atoms with van der Waals surface area (Å²) in [5.41, 5.74) is 5.65. The topological polar surface area (TPSA) is 61.5 Å². The minimum Gasteiger partial charge on any atom is -0.318 e. The number of amidine groups is 2. The van der Waals surface area contributed by atoms with Gasteiger partial charge in [-0.3, -0.25) is 15.1 Å². The molecule has 3 aromatic rings. The number of aliphatic imine (C=N–C) groups is 1. The van der Waals surface area contributed by atoms with Crippen LogP contribution in [0, 0.1) is 19.3 Å². The highest BCUT2D eigenvalue weighted by molar-refractivity contribution is 8.17. The molecule has 0 fully saturated rings. The summed E-state index contributed by atoms with van der Waals surface area (Å²) in [4.78, 5) is 18.8. The first-order valence-electron chi connectivity index (χ1n) is 10.2. The molecule has 0 radical (unpaired) electrons. The van der Waals surface area contributed by atoms with E-state index in [4.69, 9.17) is 28.6 Å². The van der Waals surface area contributed by atoms with Crippen LogP contribution in [0.5, 0.6) is 0 Å². The van der Waals surface area contributed by atoms with Crippen LogP contribution in [0.4, 0.5) is 0 Å². The lowest BCUT2D eigenvalue weighted by Crippen LogP contribution is -2.38. The van der Waals surface area contributed by atoms with Crippen LogP contribution in [0.25, 0.3) is 17.5 Å². The van der Waals surface area contributed by atoms with E-state index < -0.39 is 5.91 Å². The van der Waals surface area contributed by atoms with Gasteiger partial charge in [0.2, 0.25) is 0 Å². The Hall–Kier alpha value is -3.06. The molecule has 1 aromatic heterocycles. The molecule has 3 heterocycles. The molecule has 0 aliphatic carbocycles. The van der Waals surface area contributed by atoms with Crippen LogP contribution in [0.15, 0.2) is 70.6 Å². The number of nitrogens with zero attached hydrogens (tertiary/aromatic N) is 3. The Morgan fingerprint density at radius 2 is 1.79 bits per heavy atom. The summed E-state index contributed by atoms with van der Waals surface area (Å²) < 4.78 is 2.04. The van der Waals surface area contributed by atoms with Gasteiger partial charge in [0.05, 0.1) is 21.3 Å². The quantitative estimate of drug-likeness (QED) is 0.413. The Kier molecular flexibility index (Phi) is 5.52. The predicted molar refractivity (Wildman–Crippen MR) is 137 cm³/mol. The van der Waals surface area contributed by atoms with Crippen molar-refractivity contribution < 1.29 is 4.79 Å². The molecular formula is C25H18Cl2N4OS. The standard InChI is InChI=1S/C25H18Cl2N4OS/c1-14-10-17(15(2)30(14)18-8-9-20(26)21(27)12-18)11-19-23(28)31-22(16-6-4-3-5-7-16)13-33-25(31)29-24(19)32/h3-13,28H,1-2H3. The van der Waals surface area contributed by atoms with Gasteiger partial charge in [-0.25, -0.2) is 0 Å². The molecule has 2 aromatic carbocycles. The van der Waals surface area contributed by atoms with E-state index >= 15 is 0 Å². The van der Waals surface area contributed by atoms with Gasteiger partial charge in [-0.15, -0.1) is 0 Å². The summed E-state index contributed by atoms with van der Waals surface area (Å²) in [5.74, 6) is -0.301. The van der Waals surface area contributed by atoms with Crippen molar-refractivity contribution in [2.45, 2.75) is 13.8 Å². The lowest BCUT2D eigenvalue weighted by molar-refractivity contribution is -0.114. The van der Waals surface area contributed by atoms with Gasteiger partial charge in [0.25, 0.3) is 5.91 Å². The molecule has 0 saturated heterocycles. The van der Waals surface area contributed by atoms with Gasteiger partial charge in [0.1, 0.15) is 5.84 Å². The first-order chi connectivity index (χ1) is 15.8. The van der Waals surface area contributed by atoms with Crippen LogP contribution in [-0.2, 0) is 4.79 Å². The third-order valence-electron chi connectivity index (χ3n) is 5.62. The Bertz CT molecular complexity index is 1420. The molecule has 164 valence electrons. The summed E-state index contributed by atoms with van der Waals surface area (Å²) in [7, 11) is 0. The molecule has 2 aliphatic heterocycles. The van der Waals surface area contributed by atoms with E-state index in [0.29, 0.717) is 15.2 Å². The number of nitrogens with one attached hydrogen (secondary N) is 1. The fourth-order valence-corrected chi connectivity index (χ4v) is 5.21. The van der Waals surface area contributed by atoms with Gasteiger partial charge in [-0.05, 0) is 55.3 Å². The Morgan fingerprint density at radius 1 is 1.03 bits per heavy atom. The van der Waals surface area contributed by atoms with Gasteiger partial charge in [-0.1, -0.05) is 65.3 Å². The van der Waals surface area contributed by atoms with Gasteiger partial charge in [-0.2, -0.15) is 4.99 Å². The third kappa shape index (κ3) is 3.74. The van der Waals surface area contributed by atoms with Crippen LogP contribution < -0.4 is 0 Å². The second kappa shape index (κ2) is 8.37. The van der Waals surface area contributed by atoms with Crippen molar-refractivity contribution in [3.8, 4) is 5.69 Å². The number of carbonyl (C=O) groups is 1. The number of hydrogen-bond acceptors (Lipinski definition) is 3. The summed E-state index contributed by atoms with van der Waals surface area (Å²) in [6.07, 6.45) is 1.74. The predicted octanol–water partition coefficient (Wildman–Crippen LogP) is 6.71. The van der Waals surface area contributed by atoms with Crippen LogP contribution in [0.2, 0.25) is 10.0 Å². The van der Waals surface area contributed by atoms with Gasteiger partial charge in [0, 0.05) is 22.5 Å². The third-order valence-corrected chi connectivity index (χ3v) is 7.18. The molecule has 2 aliphatic rings. The van der Waals surface area contributed by atoms with Crippen molar-refractivity contribution in [1.29, 1.82) is 5.41 Å². The number of aryl methyl sites for hydroxylation is 1. The first-order valence-corrected chi connectivity index (χ1v) is 11.8. The van der Waals surface area contributed by atoms with E-state index in [0.717, 1.165) is 33.9 Å². The first kappa shape index (κ1) is 21.8. The highest BCUT2D eigenvalue weighted by Crippen LogP contribution is 2.37. The molecule has 0 atom stereocenters. The zero-order valence-corrected chi connectivity index (χ0v) is 20.1. The van der Waals surface area contributed by atoms with Crippen molar-refractivity contribution in [3.63, 3.8) is 0 Å². The number of rotatable bonds is 3. The lowest BCUT2D eigenvalue weighted by atomic mass is 10.1. The maximum Gasteiger partial charge on any atom is 0.283 e. The molecule has 1 N–H and O–H groups in total. The van der Waals surface area contributed by atoms with Gasteiger partial charge < -0.3 is 4.57 Å². The van der Waals surface area contributed by atoms with E-state index in [9.17, 15) is 4.79 Å². The van der Waals surface area contributed by atoms with E-state index in [1.165, 1.54) is 11.8 Å². The van der Waals surface area contributed by atoms with Crippen molar-refractivity contribution in [3.05, 3.63) is 98.1 Å². The van der Waals surface area contributed by atoms with Crippen molar-refractivity contribution in [2.75, 3.05) is 0 Å². The normalized spacial score (nSPS) is 16.8. The van der Waals surface area contributed by atoms with Crippen molar-refractivity contribution in [1.82, 2.24) is 9.47 Å². The summed E-state index contributed by atoms with van der Waals surface area (Å²) >= 11 is 13.7. The molecule has 5 nitrogen and oxygen atoms in total. The molecular weight excluding hydrogens is 475 g/mol. The molecule has 0 bridgehead atoms. The van der Waals surface area contributed by atoms with E-state index in [2.05, 4.69) is 4.99 Å². The molecule has 0 spiro atoms. The average Bonchev–Trinajstić information content (AvgIpc) is 3.34. The maximum absolute atomic E-state index is 12.9. The zero-order valence-electron chi connectivity index (χ0n) is 17.8. The Balaban J connectivity index is 1.55. The van der Waals surface area contributed by atoms with Gasteiger partial charge >= 0.3 is 0 Å². The van der Waals surface area contributed by atoms with Crippen LogP contribution in [0.3, 0.4) is 0 Å². The SMILES string of the molecule is Cc1cc(C=C2C(=N)N3C(c4ccccc4)=CSC3=NC2=O)c(C)n1-c1ccc(Cl)c(Cl)c1. The number of hydrogen-bond donors (Lipinski definition) is 1. The fraction of sp³-hybridized carbons (Fsp3) is 0.0800. The number of amides is 1. The minimum atomic E-state index is -0.416. The lowest BCUT2D eigenvalue weighted by Gasteiger charge is -2.26. The number of benzene rings is 2. The van der Waals surface area contributed by atoms with Crippen LogP contribution in [0.1, 0.15) is 22.5 Å². The summed E-state index contributed by atoms with van der Waals surface area (Å²) in [5, 5.41) is 12.2. The number of carbonyl (C=O) groups excluding carboxylic acids is 1. The largest absolute Gasteiger partial charge is 0.318 e. The average molecular weight is 493 g/mol. The zero-order chi connectivity index (χ0) is 23.3. The number of fused-ring (bicyclic) bond motifs is 1. The van der Waals surface area contributed by atoms with E-state index in [-0.39, 0.29) is 11.4 Å². The van der Waals surface area contributed by atoms with E-state index in [1.54, 1.807) is 17.0 Å². The summed E-state index contributed by atoms with van der Waals surface area (Å²) in [6.45, 7) is 3.95. The number of aromatic nitrogens is 1. The molecule has 33 heavy (non-hydrogen) atoms. The molecule has 0 unspecified atom stereocenters. The molecule has 5 rings (SSSR count). The smallest absolute Gasteiger partial charge is 0.283 e.